The van der Waals surface area contributed by atoms with Crippen LogP contribution in [0.3, 0.4) is 0 Å². The van der Waals surface area contributed by atoms with E-state index in [1.807, 2.05) is 6.20 Å². The molecule has 1 aromatic rings. The fourth-order valence-electron chi connectivity index (χ4n) is 2.11. The molecule has 0 bridgehead atoms. The molecule has 0 aliphatic heterocycles. The number of hydrogen-bond donors (Lipinski definition) is 1. The van der Waals surface area contributed by atoms with Gasteiger partial charge in [-0.25, -0.2) is 4.98 Å². The summed E-state index contributed by atoms with van der Waals surface area (Å²) in [5, 5.41) is 0. The van der Waals surface area contributed by atoms with Gasteiger partial charge < -0.3 is 5.73 Å². The quantitative estimate of drug-likeness (QED) is 0.741. The summed E-state index contributed by atoms with van der Waals surface area (Å²) < 4.78 is 0. The minimum Gasteiger partial charge on any atom is -0.382 e. The van der Waals surface area contributed by atoms with E-state index in [4.69, 9.17) is 5.73 Å². The van der Waals surface area contributed by atoms with Crippen LogP contribution in [-0.2, 0) is 0 Å². The van der Waals surface area contributed by atoms with Crippen LogP contribution in [0.15, 0.2) is 12.4 Å². The van der Waals surface area contributed by atoms with Gasteiger partial charge in [-0.3, -0.25) is 4.98 Å². The molecule has 1 aromatic heterocycles. The van der Waals surface area contributed by atoms with E-state index in [1.165, 1.54) is 25.7 Å². The molecule has 2 N–H and O–H groups in total. The molecule has 1 saturated carbocycles. The molecule has 0 unspecified atom stereocenters. The highest BCUT2D eigenvalue weighted by atomic mass is 14.9. The molecular formula is C11H17N3. The van der Waals surface area contributed by atoms with Crippen LogP contribution in [0.25, 0.3) is 0 Å². The zero-order valence-electron chi connectivity index (χ0n) is 8.61. The average Bonchev–Trinajstić information content (AvgIpc) is 2.21. The first-order valence-electron chi connectivity index (χ1n) is 5.33. The maximum atomic E-state index is 5.50. The molecule has 0 spiro atoms. The van der Waals surface area contributed by atoms with Gasteiger partial charge in [-0.2, -0.15) is 0 Å². The van der Waals surface area contributed by atoms with Gasteiger partial charge in [0.25, 0.3) is 0 Å². The Morgan fingerprint density at radius 1 is 1.14 bits per heavy atom. The Hall–Kier alpha value is -1.12. The molecule has 14 heavy (non-hydrogen) atoms. The van der Waals surface area contributed by atoms with Crippen molar-refractivity contribution in [2.24, 2.45) is 5.92 Å². The molecule has 0 atom stereocenters. The molecule has 1 heterocycles. The van der Waals surface area contributed by atoms with Crippen LogP contribution in [0.1, 0.15) is 44.2 Å². The third-order valence-corrected chi connectivity index (χ3v) is 3.13. The van der Waals surface area contributed by atoms with Crippen LogP contribution >= 0.6 is 0 Å². The second kappa shape index (κ2) is 3.95. The minimum atomic E-state index is 0.512. The van der Waals surface area contributed by atoms with Crippen molar-refractivity contribution in [1.29, 1.82) is 0 Å². The van der Waals surface area contributed by atoms with Gasteiger partial charge in [0.15, 0.2) is 0 Å². The van der Waals surface area contributed by atoms with E-state index < -0.39 is 0 Å². The average molecular weight is 191 g/mol. The Morgan fingerprint density at radius 2 is 1.86 bits per heavy atom. The predicted octanol–water partition coefficient (Wildman–Crippen LogP) is 2.35. The smallest absolute Gasteiger partial charge is 0.141 e. The van der Waals surface area contributed by atoms with E-state index in [1.54, 1.807) is 6.20 Å². The second-order valence-corrected chi connectivity index (χ2v) is 4.32. The molecule has 1 fully saturated rings. The second-order valence-electron chi connectivity index (χ2n) is 4.32. The maximum absolute atomic E-state index is 5.50. The van der Waals surface area contributed by atoms with E-state index >= 15 is 0 Å². The molecular weight excluding hydrogens is 174 g/mol. The monoisotopic (exact) mass is 191 g/mol. The van der Waals surface area contributed by atoms with Crippen LogP contribution in [0.2, 0.25) is 0 Å². The number of anilines is 1. The zero-order valence-corrected chi connectivity index (χ0v) is 8.61. The fraction of sp³-hybridized carbons (Fsp3) is 0.636. The highest BCUT2D eigenvalue weighted by Gasteiger charge is 2.20. The van der Waals surface area contributed by atoms with Crippen LogP contribution in [0.5, 0.6) is 0 Å². The van der Waals surface area contributed by atoms with Crippen molar-refractivity contribution in [2.45, 2.75) is 38.5 Å². The van der Waals surface area contributed by atoms with Gasteiger partial charge in [0.2, 0.25) is 0 Å². The van der Waals surface area contributed by atoms with Gasteiger partial charge in [0.1, 0.15) is 5.82 Å². The van der Waals surface area contributed by atoms with Crippen LogP contribution in [-0.4, -0.2) is 9.97 Å². The highest BCUT2D eigenvalue weighted by Crippen LogP contribution is 2.34. The lowest BCUT2D eigenvalue weighted by atomic mass is 9.81. The number of aromatic nitrogens is 2. The Bertz CT molecular complexity index is 286. The summed E-state index contributed by atoms with van der Waals surface area (Å²) in [6.45, 7) is 2.32. The molecule has 0 aromatic carbocycles. The number of rotatable bonds is 1. The molecule has 1 aliphatic carbocycles. The number of hydrogen-bond acceptors (Lipinski definition) is 3. The summed E-state index contributed by atoms with van der Waals surface area (Å²) >= 11 is 0. The first kappa shape index (κ1) is 9.44. The van der Waals surface area contributed by atoms with Crippen molar-refractivity contribution in [3.8, 4) is 0 Å². The van der Waals surface area contributed by atoms with Gasteiger partial charge in [-0.15, -0.1) is 0 Å². The van der Waals surface area contributed by atoms with Crippen molar-refractivity contribution in [3.63, 3.8) is 0 Å². The summed E-state index contributed by atoms with van der Waals surface area (Å²) in [7, 11) is 0. The fourth-order valence-corrected chi connectivity index (χ4v) is 2.11. The third kappa shape index (κ3) is 2.03. The topological polar surface area (TPSA) is 51.8 Å². The Morgan fingerprint density at radius 3 is 2.43 bits per heavy atom. The van der Waals surface area contributed by atoms with Gasteiger partial charge in [0, 0.05) is 5.92 Å². The third-order valence-electron chi connectivity index (χ3n) is 3.13. The Kier molecular flexibility index (Phi) is 2.66. The normalized spacial score (nSPS) is 27.5. The van der Waals surface area contributed by atoms with Crippen LogP contribution in [0, 0.1) is 5.92 Å². The summed E-state index contributed by atoms with van der Waals surface area (Å²) in [5.41, 5.74) is 6.62. The SMILES string of the molecule is C[C@H]1CC[C@@H](c2cnc(N)cn2)CC1. The van der Waals surface area contributed by atoms with Crippen LogP contribution < -0.4 is 5.73 Å². The van der Waals surface area contributed by atoms with Crippen LogP contribution in [0.4, 0.5) is 5.82 Å². The molecule has 76 valence electrons. The Balaban J connectivity index is 2.05. The van der Waals surface area contributed by atoms with E-state index in [-0.39, 0.29) is 0 Å². The largest absolute Gasteiger partial charge is 0.382 e. The lowest BCUT2D eigenvalue weighted by Crippen LogP contribution is -2.12. The van der Waals surface area contributed by atoms with Crippen molar-refractivity contribution >= 4 is 5.82 Å². The molecule has 3 nitrogen and oxygen atoms in total. The van der Waals surface area contributed by atoms with Crippen molar-refractivity contribution < 1.29 is 0 Å². The summed E-state index contributed by atoms with van der Waals surface area (Å²) in [4.78, 5) is 8.43. The van der Waals surface area contributed by atoms with E-state index in [0.717, 1.165) is 11.6 Å². The molecule has 1 aliphatic rings. The number of nitrogens with two attached hydrogens (primary N) is 1. The maximum Gasteiger partial charge on any atom is 0.141 e. The number of nitrogens with zero attached hydrogens (tertiary/aromatic N) is 2. The van der Waals surface area contributed by atoms with Gasteiger partial charge in [0.05, 0.1) is 18.1 Å². The molecule has 0 saturated heterocycles. The van der Waals surface area contributed by atoms with Crippen molar-refractivity contribution in [1.82, 2.24) is 9.97 Å². The highest BCUT2D eigenvalue weighted by molar-refractivity contribution is 5.23. The standard InChI is InChI=1S/C11H17N3/c1-8-2-4-9(5-3-8)10-6-14-11(12)7-13-10/h6-9H,2-5H2,1H3,(H2,12,14)/t8-,9+. The van der Waals surface area contributed by atoms with Gasteiger partial charge >= 0.3 is 0 Å². The predicted molar refractivity (Wildman–Crippen MR) is 56.8 cm³/mol. The molecule has 3 heteroatoms. The van der Waals surface area contributed by atoms with Gasteiger partial charge in [-0.05, 0) is 18.8 Å². The minimum absolute atomic E-state index is 0.512. The van der Waals surface area contributed by atoms with Crippen molar-refractivity contribution in [2.75, 3.05) is 5.73 Å². The lowest BCUT2D eigenvalue weighted by molar-refractivity contribution is 0.343. The summed E-state index contributed by atoms with van der Waals surface area (Å²) in [5.74, 6) is 2.00. The first-order chi connectivity index (χ1) is 6.75. The Labute approximate surface area is 84.8 Å². The summed E-state index contributed by atoms with van der Waals surface area (Å²) in [6.07, 6.45) is 8.62. The molecule has 0 amide bonds. The zero-order chi connectivity index (χ0) is 9.97. The molecule has 2 rings (SSSR count). The van der Waals surface area contributed by atoms with Gasteiger partial charge in [-0.1, -0.05) is 19.8 Å². The lowest BCUT2D eigenvalue weighted by Gasteiger charge is -2.25. The first-order valence-corrected chi connectivity index (χ1v) is 5.33. The summed E-state index contributed by atoms with van der Waals surface area (Å²) in [6, 6.07) is 0. The van der Waals surface area contributed by atoms with Crippen molar-refractivity contribution in [3.05, 3.63) is 18.1 Å². The number of nitrogen functional groups attached to an aromatic ring is 1. The van der Waals surface area contributed by atoms with E-state index in [0.29, 0.717) is 11.7 Å². The van der Waals surface area contributed by atoms with E-state index in [2.05, 4.69) is 16.9 Å². The van der Waals surface area contributed by atoms with E-state index in [9.17, 15) is 0 Å². The molecule has 0 radical (unpaired) electrons.